The van der Waals surface area contributed by atoms with Gasteiger partial charge in [-0.3, -0.25) is 5.10 Å². The fourth-order valence-electron chi connectivity index (χ4n) is 1.50. The molecule has 15 heavy (non-hydrogen) atoms. The number of nitrogens with zero attached hydrogens (tertiary/aromatic N) is 1. The molecular weight excluding hydrogens is 193 g/mol. The molecule has 0 aliphatic rings. The van der Waals surface area contributed by atoms with Crippen LogP contribution in [0.4, 0.5) is 4.39 Å². The zero-order valence-electron chi connectivity index (χ0n) is 8.42. The number of rotatable bonds is 3. The monoisotopic (exact) mass is 205 g/mol. The summed E-state index contributed by atoms with van der Waals surface area (Å²) in [7, 11) is 1.88. The molecule has 2 aromatic rings. The molecule has 4 heteroatoms. The second-order valence-electron chi connectivity index (χ2n) is 3.31. The van der Waals surface area contributed by atoms with E-state index in [0.717, 1.165) is 23.4 Å². The highest BCUT2D eigenvalue weighted by molar-refractivity contribution is 5.62. The third kappa shape index (κ3) is 2.05. The van der Waals surface area contributed by atoms with Gasteiger partial charge in [-0.25, -0.2) is 4.39 Å². The van der Waals surface area contributed by atoms with Gasteiger partial charge >= 0.3 is 0 Å². The van der Waals surface area contributed by atoms with Crippen LogP contribution in [0.2, 0.25) is 0 Å². The summed E-state index contributed by atoms with van der Waals surface area (Å²) in [6.07, 6.45) is 1.77. The molecule has 2 N–H and O–H groups in total. The van der Waals surface area contributed by atoms with Crippen LogP contribution >= 0.6 is 0 Å². The predicted molar refractivity (Wildman–Crippen MR) is 56.7 cm³/mol. The molecule has 1 aromatic carbocycles. The fraction of sp³-hybridized carbons (Fsp3) is 0.182. The first-order chi connectivity index (χ1) is 7.31. The third-order valence-electron chi connectivity index (χ3n) is 2.22. The van der Waals surface area contributed by atoms with Crippen LogP contribution in [0.5, 0.6) is 0 Å². The minimum Gasteiger partial charge on any atom is -0.316 e. The van der Waals surface area contributed by atoms with Crippen LogP contribution in [0.3, 0.4) is 0 Å². The lowest BCUT2D eigenvalue weighted by Crippen LogP contribution is -2.05. The van der Waals surface area contributed by atoms with Gasteiger partial charge in [0.05, 0.1) is 11.9 Å². The molecule has 0 saturated heterocycles. The Balaban J connectivity index is 2.36. The van der Waals surface area contributed by atoms with Gasteiger partial charge in [0.15, 0.2) is 0 Å². The lowest BCUT2D eigenvalue weighted by molar-refractivity contribution is 0.628. The van der Waals surface area contributed by atoms with Gasteiger partial charge in [0.25, 0.3) is 0 Å². The average Bonchev–Trinajstić information content (AvgIpc) is 2.68. The maximum atomic E-state index is 12.7. The Morgan fingerprint density at radius 1 is 1.33 bits per heavy atom. The lowest BCUT2D eigenvalue weighted by Gasteiger charge is -2.02. The number of aromatic amines is 1. The van der Waals surface area contributed by atoms with Crippen molar-refractivity contribution in [3.05, 3.63) is 41.8 Å². The number of halogens is 1. The maximum absolute atomic E-state index is 12.7. The summed E-state index contributed by atoms with van der Waals surface area (Å²) in [5.41, 5.74) is 2.95. The molecule has 1 heterocycles. The van der Waals surface area contributed by atoms with Crippen molar-refractivity contribution in [2.24, 2.45) is 0 Å². The second kappa shape index (κ2) is 4.23. The minimum absolute atomic E-state index is 0.228. The summed E-state index contributed by atoms with van der Waals surface area (Å²) in [5.74, 6) is -0.228. The van der Waals surface area contributed by atoms with Crippen LogP contribution in [-0.4, -0.2) is 17.2 Å². The summed E-state index contributed by atoms with van der Waals surface area (Å²) in [6, 6.07) is 6.36. The van der Waals surface area contributed by atoms with E-state index in [1.165, 1.54) is 12.1 Å². The van der Waals surface area contributed by atoms with Crippen LogP contribution in [0, 0.1) is 5.82 Å². The van der Waals surface area contributed by atoms with Crippen LogP contribution in [-0.2, 0) is 6.54 Å². The quantitative estimate of drug-likeness (QED) is 0.803. The van der Waals surface area contributed by atoms with Gasteiger partial charge in [0.1, 0.15) is 5.82 Å². The van der Waals surface area contributed by atoms with Crippen molar-refractivity contribution >= 4 is 0 Å². The summed E-state index contributed by atoms with van der Waals surface area (Å²) < 4.78 is 12.7. The van der Waals surface area contributed by atoms with Crippen LogP contribution in [0.1, 0.15) is 5.56 Å². The van der Waals surface area contributed by atoms with E-state index in [4.69, 9.17) is 0 Å². The van der Waals surface area contributed by atoms with Gasteiger partial charge < -0.3 is 5.32 Å². The number of aromatic nitrogens is 2. The minimum atomic E-state index is -0.228. The molecule has 0 spiro atoms. The fourth-order valence-corrected chi connectivity index (χ4v) is 1.50. The van der Waals surface area contributed by atoms with E-state index in [0.29, 0.717) is 0 Å². The van der Waals surface area contributed by atoms with Gasteiger partial charge in [-0.15, -0.1) is 0 Å². The standard InChI is InChI=1S/C11H12FN3/c1-13-6-9-7-14-15-11(9)8-2-4-10(12)5-3-8/h2-5,7,13H,6H2,1H3,(H,14,15). The largest absolute Gasteiger partial charge is 0.316 e. The van der Waals surface area contributed by atoms with Crippen molar-refractivity contribution < 1.29 is 4.39 Å². The Kier molecular flexibility index (Phi) is 2.78. The van der Waals surface area contributed by atoms with Gasteiger partial charge in [-0.1, -0.05) is 0 Å². The molecule has 0 aliphatic heterocycles. The Labute approximate surface area is 87.3 Å². The maximum Gasteiger partial charge on any atom is 0.123 e. The third-order valence-corrected chi connectivity index (χ3v) is 2.22. The van der Waals surface area contributed by atoms with E-state index < -0.39 is 0 Å². The summed E-state index contributed by atoms with van der Waals surface area (Å²) in [4.78, 5) is 0. The van der Waals surface area contributed by atoms with Crippen LogP contribution in [0.25, 0.3) is 11.3 Å². The predicted octanol–water partition coefficient (Wildman–Crippen LogP) is 1.94. The van der Waals surface area contributed by atoms with E-state index in [9.17, 15) is 4.39 Å². The molecule has 0 bridgehead atoms. The van der Waals surface area contributed by atoms with Crippen LogP contribution in [0.15, 0.2) is 30.5 Å². The molecule has 0 radical (unpaired) electrons. The van der Waals surface area contributed by atoms with Crippen molar-refractivity contribution in [2.45, 2.75) is 6.54 Å². The Morgan fingerprint density at radius 2 is 2.07 bits per heavy atom. The van der Waals surface area contributed by atoms with Gasteiger partial charge in [-0.2, -0.15) is 5.10 Å². The average molecular weight is 205 g/mol. The zero-order valence-corrected chi connectivity index (χ0v) is 8.42. The Hall–Kier alpha value is -1.68. The van der Waals surface area contributed by atoms with E-state index in [1.807, 2.05) is 7.05 Å². The molecule has 1 aromatic heterocycles. The molecule has 0 atom stereocenters. The van der Waals surface area contributed by atoms with Gasteiger partial charge in [0, 0.05) is 17.7 Å². The molecule has 0 unspecified atom stereocenters. The summed E-state index contributed by atoms with van der Waals surface area (Å²) >= 11 is 0. The normalized spacial score (nSPS) is 10.5. The number of hydrogen-bond donors (Lipinski definition) is 2. The topological polar surface area (TPSA) is 40.7 Å². The number of nitrogens with one attached hydrogen (secondary N) is 2. The van der Waals surface area contributed by atoms with E-state index in [1.54, 1.807) is 18.3 Å². The highest BCUT2D eigenvalue weighted by atomic mass is 19.1. The first-order valence-corrected chi connectivity index (χ1v) is 4.74. The smallest absolute Gasteiger partial charge is 0.123 e. The van der Waals surface area contributed by atoms with E-state index in [-0.39, 0.29) is 5.82 Å². The molecule has 78 valence electrons. The first-order valence-electron chi connectivity index (χ1n) is 4.74. The van der Waals surface area contributed by atoms with Gasteiger partial charge in [0.2, 0.25) is 0 Å². The molecule has 3 nitrogen and oxygen atoms in total. The Morgan fingerprint density at radius 3 is 2.73 bits per heavy atom. The molecule has 2 rings (SSSR count). The lowest BCUT2D eigenvalue weighted by atomic mass is 10.1. The highest BCUT2D eigenvalue weighted by Crippen LogP contribution is 2.20. The van der Waals surface area contributed by atoms with Crippen molar-refractivity contribution in [3.63, 3.8) is 0 Å². The molecule has 0 amide bonds. The molecular formula is C11H12FN3. The summed E-state index contributed by atoms with van der Waals surface area (Å²) in [6.45, 7) is 0.739. The molecule has 0 aliphatic carbocycles. The Bertz CT molecular complexity index is 433. The van der Waals surface area contributed by atoms with Crippen molar-refractivity contribution in [2.75, 3.05) is 7.05 Å². The number of benzene rings is 1. The molecule has 0 fully saturated rings. The SMILES string of the molecule is CNCc1cn[nH]c1-c1ccc(F)cc1. The van der Waals surface area contributed by atoms with E-state index >= 15 is 0 Å². The highest BCUT2D eigenvalue weighted by Gasteiger charge is 2.06. The number of H-pyrrole nitrogens is 1. The van der Waals surface area contributed by atoms with Crippen molar-refractivity contribution in [3.8, 4) is 11.3 Å². The van der Waals surface area contributed by atoms with Crippen molar-refractivity contribution in [1.29, 1.82) is 0 Å². The van der Waals surface area contributed by atoms with Gasteiger partial charge in [-0.05, 0) is 31.3 Å². The summed E-state index contributed by atoms with van der Waals surface area (Å²) in [5, 5.41) is 9.95. The molecule has 0 saturated carbocycles. The van der Waals surface area contributed by atoms with E-state index in [2.05, 4.69) is 15.5 Å². The first kappa shape index (κ1) is 9.86. The van der Waals surface area contributed by atoms with Crippen LogP contribution < -0.4 is 5.32 Å². The second-order valence-corrected chi connectivity index (χ2v) is 3.31. The zero-order chi connectivity index (χ0) is 10.7. The number of hydrogen-bond acceptors (Lipinski definition) is 2. The van der Waals surface area contributed by atoms with Crippen molar-refractivity contribution in [1.82, 2.24) is 15.5 Å².